The Hall–Kier alpha value is -1.99. The van der Waals surface area contributed by atoms with E-state index in [0.717, 1.165) is 6.07 Å². The minimum absolute atomic E-state index is 0.0388. The summed E-state index contributed by atoms with van der Waals surface area (Å²) in [4.78, 5) is 15.7. The van der Waals surface area contributed by atoms with Crippen molar-refractivity contribution >= 4 is 12.6 Å². The van der Waals surface area contributed by atoms with Gasteiger partial charge in [-0.3, -0.25) is 4.57 Å². The Labute approximate surface area is 115 Å². The molecule has 0 fully saturated rings. The molecule has 104 valence electrons. The summed E-state index contributed by atoms with van der Waals surface area (Å²) in [5.74, 6) is -0.567. The number of halogens is 1. The van der Waals surface area contributed by atoms with E-state index < -0.39 is 18.6 Å². The van der Waals surface area contributed by atoms with E-state index in [4.69, 9.17) is 0 Å². The van der Waals surface area contributed by atoms with Crippen LogP contribution in [0.2, 0.25) is 0 Å². The van der Waals surface area contributed by atoms with Gasteiger partial charge in [0.05, 0.1) is 6.54 Å². The Kier molecular flexibility index (Phi) is 4.01. The molecule has 7 heteroatoms. The number of hydrogen-bond donors (Lipinski definition) is 2. The van der Waals surface area contributed by atoms with Crippen LogP contribution in [-0.4, -0.2) is 26.7 Å². The molecular weight excluding hydrogens is 262 g/mol. The molecule has 0 unspecified atom stereocenters. The van der Waals surface area contributed by atoms with Crippen molar-refractivity contribution in [1.29, 1.82) is 0 Å². The molecule has 1 heterocycles. The third-order valence-electron chi connectivity index (χ3n) is 3.06. The molecule has 2 N–H and O–H groups in total. The molecule has 2 rings (SSSR count). The van der Waals surface area contributed by atoms with Crippen LogP contribution in [0.4, 0.5) is 4.39 Å². The summed E-state index contributed by atoms with van der Waals surface area (Å²) >= 11 is 0. The molecule has 5 nitrogen and oxygen atoms in total. The van der Waals surface area contributed by atoms with E-state index in [-0.39, 0.29) is 12.0 Å². The van der Waals surface area contributed by atoms with Gasteiger partial charge in [-0.05, 0) is 43.1 Å². The third kappa shape index (κ3) is 2.94. The van der Waals surface area contributed by atoms with Gasteiger partial charge >= 0.3 is 12.8 Å². The molecular formula is C13H14BFN2O3. The molecule has 20 heavy (non-hydrogen) atoms. The first kappa shape index (κ1) is 14.4. The zero-order valence-electron chi connectivity index (χ0n) is 11.2. The third-order valence-corrected chi connectivity index (χ3v) is 3.06. The van der Waals surface area contributed by atoms with Gasteiger partial charge in [-0.2, -0.15) is 4.98 Å². The van der Waals surface area contributed by atoms with Crippen LogP contribution in [0.25, 0.3) is 0 Å². The van der Waals surface area contributed by atoms with E-state index >= 15 is 0 Å². The van der Waals surface area contributed by atoms with Gasteiger partial charge in [0.15, 0.2) is 0 Å². The Bertz CT molecular complexity index is 701. The molecule has 0 amide bonds. The summed E-state index contributed by atoms with van der Waals surface area (Å²) < 4.78 is 14.5. The number of benzene rings is 1. The van der Waals surface area contributed by atoms with Gasteiger partial charge in [0.2, 0.25) is 0 Å². The molecule has 1 aromatic heterocycles. The molecule has 0 aliphatic rings. The average Bonchev–Trinajstić information content (AvgIpc) is 2.34. The van der Waals surface area contributed by atoms with Gasteiger partial charge in [0.25, 0.3) is 0 Å². The van der Waals surface area contributed by atoms with Gasteiger partial charge in [-0.1, -0.05) is 6.07 Å². The molecule has 1 aromatic carbocycles. The monoisotopic (exact) mass is 276 g/mol. The van der Waals surface area contributed by atoms with E-state index in [9.17, 15) is 19.2 Å². The number of aryl methyl sites for hydroxylation is 2. The van der Waals surface area contributed by atoms with Crippen molar-refractivity contribution in [3.05, 3.63) is 57.5 Å². The van der Waals surface area contributed by atoms with Gasteiger partial charge in [0.1, 0.15) is 5.82 Å². The van der Waals surface area contributed by atoms with Crippen molar-refractivity contribution in [3.63, 3.8) is 0 Å². The largest absolute Gasteiger partial charge is 0.488 e. The van der Waals surface area contributed by atoms with E-state index in [1.807, 2.05) is 0 Å². The van der Waals surface area contributed by atoms with Gasteiger partial charge in [0, 0.05) is 11.4 Å². The minimum atomic E-state index is -1.80. The van der Waals surface area contributed by atoms with Gasteiger partial charge < -0.3 is 10.0 Å². The molecule has 0 radical (unpaired) electrons. The van der Waals surface area contributed by atoms with Crippen LogP contribution in [-0.2, 0) is 6.54 Å². The lowest BCUT2D eigenvalue weighted by Crippen LogP contribution is -2.36. The summed E-state index contributed by atoms with van der Waals surface area (Å²) in [5, 5.41) is 18.6. The lowest BCUT2D eigenvalue weighted by atomic mass is 9.77. The lowest BCUT2D eigenvalue weighted by Gasteiger charge is -2.13. The number of hydrogen-bond acceptors (Lipinski definition) is 4. The number of aromatic nitrogens is 2. The highest BCUT2D eigenvalue weighted by molar-refractivity contribution is 6.59. The first-order valence-electron chi connectivity index (χ1n) is 6.08. The second kappa shape index (κ2) is 5.56. The Morgan fingerprint density at radius 1 is 1.30 bits per heavy atom. The van der Waals surface area contributed by atoms with Crippen LogP contribution in [0.5, 0.6) is 0 Å². The molecule has 0 saturated heterocycles. The zero-order valence-corrected chi connectivity index (χ0v) is 11.2. The van der Waals surface area contributed by atoms with E-state index in [2.05, 4.69) is 4.98 Å². The fraction of sp³-hybridized carbons (Fsp3) is 0.231. The quantitative estimate of drug-likeness (QED) is 0.756. The van der Waals surface area contributed by atoms with Crippen LogP contribution >= 0.6 is 0 Å². The molecule has 2 aromatic rings. The molecule has 0 atom stereocenters. The fourth-order valence-electron chi connectivity index (χ4n) is 2.09. The van der Waals surface area contributed by atoms with Crippen LogP contribution < -0.4 is 11.2 Å². The van der Waals surface area contributed by atoms with Crippen molar-refractivity contribution in [2.75, 3.05) is 0 Å². The van der Waals surface area contributed by atoms with Crippen LogP contribution in [0, 0.1) is 19.7 Å². The molecule has 0 aliphatic carbocycles. The molecule has 0 saturated carbocycles. The smallest absolute Gasteiger partial charge is 0.423 e. The van der Waals surface area contributed by atoms with E-state index in [1.165, 1.54) is 16.7 Å². The predicted octanol–water partition coefficient (Wildman–Crippen LogP) is -0.273. The predicted molar refractivity (Wildman–Crippen MR) is 73.3 cm³/mol. The first-order chi connectivity index (χ1) is 9.38. The van der Waals surface area contributed by atoms with Crippen LogP contribution in [0.15, 0.2) is 29.1 Å². The maximum atomic E-state index is 13.2. The average molecular weight is 276 g/mol. The van der Waals surface area contributed by atoms with Gasteiger partial charge in [-0.25, -0.2) is 9.18 Å². The van der Waals surface area contributed by atoms with Gasteiger partial charge in [-0.15, -0.1) is 0 Å². The number of rotatable bonds is 3. The maximum absolute atomic E-state index is 13.2. The SMILES string of the molecule is Cc1cc(C)n(Cc2ccc(F)cc2B(O)O)c(=O)n1. The summed E-state index contributed by atoms with van der Waals surface area (Å²) in [6.45, 7) is 3.58. The van der Waals surface area contributed by atoms with E-state index in [1.54, 1.807) is 19.9 Å². The van der Waals surface area contributed by atoms with Crippen molar-refractivity contribution in [3.8, 4) is 0 Å². The molecule has 0 bridgehead atoms. The minimum Gasteiger partial charge on any atom is -0.423 e. The summed E-state index contributed by atoms with van der Waals surface area (Å²) in [7, 11) is -1.80. The Morgan fingerprint density at radius 2 is 2.00 bits per heavy atom. The maximum Gasteiger partial charge on any atom is 0.488 e. The fourth-order valence-corrected chi connectivity index (χ4v) is 2.09. The van der Waals surface area contributed by atoms with E-state index in [0.29, 0.717) is 17.0 Å². The Morgan fingerprint density at radius 3 is 2.60 bits per heavy atom. The zero-order chi connectivity index (χ0) is 14.9. The second-order valence-corrected chi connectivity index (χ2v) is 4.62. The topological polar surface area (TPSA) is 75.3 Å². The summed E-state index contributed by atoms with van der Waals surface area (Å²) in [6, 6.07) is 5.43. The molecule has 0 spiro atoms. The van der Waals surface area contributed by atoms with Crippen molar-refractivity contribution < 1.29 is 14.4 Å². The summed E-state index contributed by atoms with van der Waals surface area (Å²) in [6.07, 6.45) is 0. The lowest BCUT2D eigenvalue weighted by molar-refractivity contribution is 0.424. The second-order valence-electron chi connectivity index (χ2n) is 4.62. The highest BCUT2D eigenvalue weighted by Gasteiger charge is 2.18. The van der Waals surface area contributed by atoms with Crippen LogP contribution in [0.3, 0.4) is 0 Å². The Balaban J connectivity index is 2.48. The molecule has 0 aliphatic heterocycles. The van der Waals surface area contributed by atoms with Crippen LogP contribution in [0.1, 0.15) is 17.0 Å². The highest BCUT2D eigenvalue weighted by Crippen LogP contribution is 2.05. The van der Waals surface area contributed by atoms with Crippen molar-refractivity contribution in [1.82, 2.24) is 9.55 Å². The summed E-state index contributed by atoms with van der Waals surface area (Å²) in [5.41, 5.74) is 1.38. The highest BCUT2D eigenvalue weighted by atomic mass is 19.1. The standard InChI is InChI=1S/C13H14BFN2O3/c1-8-5-9(2)17(13(18)16-8)7-10-3-4-11(15)6-12(10)14(19)20/h3-6,19-20H,7H2,1-2H3. The normalized spacial score (nSPS) is 10.7. The van der Waals surface area contributed by atoms with Crippen molar-refractivity contribution in [2.45, 2.75) is 20.4 Å². The number of nitrogens with zero attached hydrogens (tertiary/aromatic N) is 2. The first-order valence-corrected chi connectivity index (χ1v) is 6.08. The van der Waals surface area contributed by atoms with Crippen molar-refractivity contribution in [2.24, 2.45) is 0 Å².